The van der Waals surface area contributed by atoms with Gasteiger partial charge in [-0.15, -0.1) is 0 Å². The van der Waals surface area contributed by atoms with E-state index >= 15 is 0 Å². The molecule has 0 atom stereocenters. The zero-order valence-electron chi connectivity index (χ0n) is 17.6. The number of anilines is 2. The van der Waals surface area contributed by atoms with Crippen LogP contribution in [0.3, 0.4) is 0 Å². The Kier molecular flexibility index (Phi) is 6.61. The number of carbonyl (C=O) groups excluding carboxylic acids is 1. The Hall–Kier alpha value is -2.72. The van der Waals surface area contributed by atoms with E-state index in [0.717, 1.165) is 43.0 Å². The molecule has 0 radical (unpaired) electrons. The molecule has 1 aromatic carbocycles. The predicted molar refractivity (Wildman–Crippen MR) is 125 cm³/mol. The molecule has 1 aliphatic heterocycles. The van der Waals surface area contributed by atoms with Crippen LogP contribution in [-0.2, 0) is 17.9 Å². The maximum atomic E-state index is 14.1. The molecule has 0 spiro atoms. The van der Waals surface area contributed by atoms with Crippen LogP contribution in [0.15, 0.2) is 27.8 Å². The molecule has 4 rings (SSSR count). The molecule has 1 amide bonds. The van der Waals surface area contributed by atoms with Gasteiger partial charge in [0, 0.05) is 24.7 Å². The number of carbonyl (C=O) groups is 1. The molecule has 1 aliphatic rings. The van der Waals surface area contributed by atoms with Gasteiger partial charge in [-0.05, 0) is 43.9 Å². The summed E-state index contributed by atoms with van der Waals surface area (Å²) < 4.78 is 16.7. The van der Waals surface area contributed by atoms with Crippen molar-refractivity contribution >= 4 is 50.0 Å². The van der Waals surface area contributed by atoms with Crippen molar-refractivity contribution in [1.29, 1.82) is 0 Å². The number of fused-ring (bicyclic) bond motifs is 1. The highest BCUT2D eigenvalue weighted by molar-refractivity contribution is 7.22. The molecule has 1 fully saturated rings. The van der Waals surface area contributed by atoms with E-state index in [9.17, 15) is 18.8 Å². The van der Waals surface area contributed by atoms with Gasteiger partial charge in [0.05, 0.1) is 5.69 Å². The zero-order valence-corrected chi connectivity index (χ0v) is 19.1. The fourth-order valence-electron chi connectivity index (χ4n) is 3.78. The Morgan fingerprint density at radius 2 is 1.97 bits per heavy atom. The van der Waals surface area contributed by atoms with Crippen LogP contribution >= 0.6 is 22.9 Å². The molecule has 0 bridgehead atoms. The van der Waals surface area contributed by atoms with Crippen LogP contribution in [0.2, 0.25) is 5.02 Å². The van der Waals surface area contributed by atoms with Gasteiger partial charge in [0.25, 0.3) is 5.56 Å². The number of aromatic nitrogens is 3. The number of nitrogens with one attached hydrogen (secondary N) is 1. The molecule has 0 aliphatic carbocycles. The molecule has 170 valence electrons. The summed E-state index contributed by atoms with van der Waals surface area (Å²) in [4.78, 5) is 45.4. The van der Waals surface area contributed by atoms with Crippen LogP contribution < -0.4 is 21.5 Å². The SMILES string of the molecule is CCCn1c(=O)c2sc(N3CCCCC3)nc2n(CC(=O)Nc2ccc(Cl)cc2F)c1=O. The first-order valence-electron chi connectivity index (χ1n) is 10.5. The first-order valence-corrected chi connectivity index (χ1v) is 11.7. The lowest BCUT2D eigenvalue weighted by atomic mass is 10.1. The standard InChI is InChI=1S/C21H23ClFN5O3S/c1-2-8-27-19(30)17-18(25-20(32-17)26-9-4-3-5-10-26)28(21(27)31)12-16(29)24-15-7-6-13(22)11-14(15)23/h6-7,11H,2-5,8-10,12H2,1H3,(H,24,29). The van der Waals surface area contributed by atoms with Gasteiger partial charge in [0.2, 0.25) is 5.91 Å². The minimum absolute atomic E-state index is 0.0437. The van der Waals surface area contributed by atoms with Crippen LogP contribution in [-0.4, -0.2) is 33.1 Å². The number of hydrogen-bond acceptors (Lipinski definition) is 6. The smallest absolute Gasteiger partial charge is 0.333 e. The second-order valence-electron chi connectivity index (χ2n) is 7.69. The maximum Gasteiger partial charge on any atom is 0.333 e. The number of piperidine rings is 1. The fraction of sp³-hybridized carbons (Fsp3) is 0.429. The van der Waals surface area contributed by atoms with Gasteiger partial charge in [-0.2, -0.15) is 0 Å². The average Bonchev–Trinajstić information content (AvgIpc) is 3.22. The molecule has 2 aromatic heterocycles. The first kappa shape index (κ1) is 22.5. The zero-order chi connectivity index (χ0) is 22.8. The third kappa shape index (κ3) is 4.42. The van der Waals surface area contributed by atoms with Crippen molar-refractivity contribution in [3.63, 3.8) is 0 Å². The van der Waals surface area contributed by atoms with Gasteiger partial charge in [0.1, 0.15) is 17.1 Å². The summed E-state index contributed by atoms with van der Waals surface area (Å²) in [5.41, 5.74) is -0.859. The van der Waals surface area contributed by atoms with Crippen molar-refractivity contribution in [2.24, 2.45) is 0 Å². The van der Waals surface area contributed by atoms with Crippen molar-refractivity contribution in [2.45, 2.75) is 45.7 Å². The van der Waals surface area contributed by atoms with Gasteiger partial charge < -0.3 is 10.2 Å². The highest BCUT2D eigenvalue weighted by atomic mass is 35.5. The number of halogens is 2. The minimum Gasteiger partial charge on any atom is -0.348 e. The van der Waals surface area contributed by atoms with E-state index in [1.165, 1.54) is 28.0 Å². The van der Waals surface area contributed by atoms with Crippen molar-refractivity contribution < 1.29 is 9.18 Å². The number of hydrogen-bond donors (Lipinski definition) is 1. The molecule has 3 aromatic rings. The highest BCUT2D eigenvalue weighted by Gasteiger charge is 2.22. The summed E-state index contributed by atoms with van der Waals surface area (Å²) >= 11 is 7.00. The Morgan fingerprint density at radius 1 is 1.22 bits per heavy atom. The van der Waals surface area contributed by atoms with E-state index < -0.39 is 29.5 Å². The van der Waals surface area contributed by atoms with Crippen LogP contribution in [0.1, 0.15) is 32.6 Å². The summed E-state index contributed by atoms with van der Waals surface area (Å²) in [6, 6.07) is 3.90. The molecule has 11 heteroatoms. The van der Waals surface area contributed by atoms with Gasteiger partial charge in [-0.1, -0.05) is 29.9 Å². The minimum atomic E-state index is -0.680. The highest BCUT2D eigenvalue weighted by Crippen LogP contribution is 2.28. The van der Waals surface area contributed by atoms with Gasteiger partial charge in [-0.3, -0.25) is 18.7 Å². The van der Waals surface area contributed by atoms with Crippen molar-refractivity contribution in [3.8, 4) is 0 Å². The Balaban J connectivity index is 1.74. The summed E-state index contributed by atoms with van der Waals surface area (Å²) in [5, 5.41) is 3.34. The third-order valence-electron chi connectivity index (χ3n) is 5.34. The summed E-state index contributed by atoms with van der Waals surface area (Å²) in [6.45, 7) is 3.37. The molecule has 8 nitrogen and oxygen atoms in total. The fourth-order valence-corrected chi connectivity index (χ4v) is 5.01. The maximum absolute atomic E-state index is 14.1. The van der Waals surface area contributed by atoms with Crippen molar-refractivity contribution in [3.05, 3.63) is 49.9 Å². The van der Waals surface area contributed by atoms with E-state index in [4.69, 9.17) is 11.6 Å². The van der Waals surface area contributed by atoms with Crippen molar-refractivity contribution in [2.75, 3.05) is 23.3 Å². The third-order valence-corrected chi connectivity index (χ3v) is 6.66. The van der Waals surface area contributed by atoms with Crippen LogP contribution in [0.25, 0.3) is 10.3 Å². The molecule has 32 heavy (non-hydrogen) atoms. The van der Waals surface area contributed by atoms with Gasteiger partial charge in [-0.25, -0.2) is 14.2 Å². The molecule has 0 saturated carbocycles. The van der Waals surface area contributed by atoms with Gasteiger partial charge >= 0.3 is 5.69 Å². The predicted octanol–water partition coefficient (Wildman–Crippen LogP) is 3.45. The van der Waals surface area contributed by atoms with E-state index in [1.54, 1.807) is 0 Å². The molecule has 3 heterocycles. The quantitative estimate of drug-likeness (QED) is 0.585. The van der Waals surface area contributed by atoms with Crippen molar-refractivity contribution in [1.82, 2.24) is 14.1 Å². The van der Waals surface area contributed by atoms with Crippen LogP contribution in [0.4, 0.5) is 15.2 Å². The molecule has 1 saturated heterocycles. The summed E-state index contributed by atoms with van der Waals surface area (Å²) in [6.07, 6.45) is 3.81. The lowest BCUT2D eigenvalue weighted by molar-refractivity contribution is -0.116. The van der Waals surface area contributed by atoms with E-state index in [2.05, 4.69) is 15.2 Å². The van der Waals surface area contributed by atoms with E-state index in [0.29, 0.717) is 16.3 Å². The topological polar surface area (TPSA) is 89.2 Å². The lowest BCUT2D eigenvalue weighted by Crippen LogP contribution is -2.41. The first-order chi connectivity index (χ1) is 15.4. The van der Waals surface area contributed by atoms with E-state index in [1.807, 2.05) is 6.92 Å². The second kappa shape index (κ2) is 9.41. The van der Waals surface area contributed by atoms with Crippen LogP contribution in [0.5, 0.6) is 0 Å². The molecular formula is C21H23ClFN5O3S. The van der Waals surface area contributed by atoms with Crippen LogP contribution in [0, 0.1) is 5.82 Å². The molecule has 0 unspecified atom stereocenters. The molecular weight excluding hydrogens is 457 g/mol. The number of nitrogens with zero attached hydrogens (tertiary/aromatic N) is 4. The number of thiazole rings is 1. The number of amides is 1. The largest absolute Gasteiger partial charge is 0.348 e. The normalized spacial score (nSPS) is 14.2. The monoisotopic (exact) mass is 479 g/mol. The van der Waals surface area contributed by atoms with Gasteiger partial charge in [0.15, 0.2) is 10.8 Å². The van der Waals surface area contributed by atoms with E-state index in [-0.39, 0.29) is 22.9 Å². The second-order valence-corrected chi connectivity index (χ2v) is 9.11. The Labute approximate surface area is 192 Å². The lowest BCUT2D eigenvalue weighted by Gasteiger charge is -2.25. The summed E-state index contributed by atoms with van der Waals surface area (Å²) in [7, 11) is 0. The number of benzene rings is 1. The Bertz CT molecular complexity index is 1280. The Morgan fingerprint density at radius 3 is 2.66 bits per heavy atom. The summed E-state index contributed by atoms with van der Waals surface area (Å²) in [5.74, 6) is -1.29. The number of rotatable bonds is 6. The molecule has 1 N–H and O–H groups in total. The average molecular weight is 480 g/mol.